The number of fused-ring (bicyclic) bond motifs is 1. The molecule has 2 N–H and O–H groups in total. The van der Waals surface area contributed by atoms with E-state index in [9.17, 15) is 0 Å². The summed E-state index contributed by atoms with van der Waals surface area (Å²) in [5, 5.41) is 13.4. The van der Waals surface area contributed by atoms with Gasteiger partial charge in [0.25, 0.3) is 0 Å². The van der Waals surface area contributed by atoms with E-state index >= 15 is 0 Å². The van der Waals surface area contributed by atoms with Gasteiger partial charge in [0, 0.05) is 36.7 Å². The first kappa shape index (κ1) is 13.9. The Hall–Kier alpha value is -2.10. The van der Waals surface area contributed by atoms with E-state index in [-0.39, 0.29) is 6.61 Å². The summed E-state index contributed by atoms with van der Waals surface area (Å²) >= 11 is 0. The van der Waals surface area contributed by atoms with Gasteiger partial charge in [-0.1, -0.05) is 42.5 Å². The summed E-state index contributed by atoms with van der Waals surface area (Å²) < 4.78 is 2.28. The highest BCUT2D eigenvalue weighted by Gasteiger charge is 2.05. The Bertz CT molecular complexity index is 704. The van der Waals surface area contributed by atoms with Gasteiger partial charge in [-0.2, -0.15) is 0 Å². The fourth-order valence-corrected chi connectivity index (χ4v) is 2.66. The van der Waals surface area contributed by atoms with Crippen LogP contribution in [-0.4, -0.2) is 22.8 Å². The number of rotatable bonds is 6. The second-order valence-electron chi connectivity index (χ2n) is 5.18. The van der Waals surface area contributed by atoms with Crippen molar-refractivity contribution in [1.29, 1.82) is 0 Å². The number of nitrogens with one attached hydrogen (secondary N) is 1. The number of aliphatic hydroxyl groups is 1. The van der Waals surface area contributed by atoms with Gasteiger partial charge in [-0.3, -0.25) is 0 Å². The zero-order valence-electron chi connectivity index (χ0n) is 12.0. The molecule has 0 radical (unpaired) electrons. The standard InChI is InChI=1S/C18H20N2O/c21-12-10-19-13-16-7-4-8-18-17(16)9-11-20(18)14-15-5-2-1-3-6-15/h1-9,11,19,21H,10,12-14H2. The van der Waals surface area contributed by atoms with Crippen molar-refractivity contribution >= 4 is 10.9 Å². The fourth-order valence-electron chi connectivity index (χ4n) is 2.66. The minimum Gasteiger partial charge on any atom is -0.395 e. The molecule has 3 nitrogen and oxygen atoms in total. The Morgan fingerprint density at radius 1 is 0.952 bits per heavy atom. The largest absolute Gasteiger partial charge is 0.395 e. The number of aromatic nitrogens is 1. The molecule has 1 aromatic heterocycles. The van der Waals surface area contributed by atoms with Crippen molar-refractivity contribution < 1.29 is 5.11 Å². The highest BCUT2D eigenvalue weighted by Crippen LogP contribution is 2.21. The average Bonchev–Trinajstić information content (AvgIpc) is 2.93. The second-order valence-corrected chi connectivity index (χ2v) is 5.18. The Morgan fingerprint density at radius 2 is 1.81 bits per heavy atom. The van der Waals surface area contributed by atoms with Crippen molar-refractivity contribution in [2.24, 2.45) is 0 Å². The van der Waals surface area contributed by atoms with Crippen molar-refractivity contribution in [1.82, 2.24) is 9.88 Å². The van der Waals surface area contributed by atoms with Crippen LogP contribution in [0.4, 0.5) is 0 Å². The van der Waals surface area contributed by atoms with E-state index in [1.807, 2.05) is 6.07 Å². The van der Waals surface area contributed by atoms with Crippen LogP contribution in [0.2, 0.25) is 0 Å². The van der Waals surface area contributed by atoms with Gasteiger partial charge >= 0.3 is 0 Å². The van der Waals surface area contributed by atoms with Gasteiger partial charge in [-0.15, -0.1) is 0 Å². The van der Waals surface area contributed by atoms with Crippen LogP contribution < -0.4 is 5.32 Å². The van der Waals surface area contributed by atoms with E-state index in [1.165, 1.54) is 22.0 Å². The molecule has 21 heavy (non-hydrogen) atoms. The van der Waals surface area contributed by atoms with Crippen molar-refractivity contribution in [3.05, 3.63) is 71.9 Å². The van der Waals surface area contributed by atoms with E-state index in [0.29, 0.717) is 6.54 Å². The lowest BCUT2D eigenvalue weighted by Gasteiger charge is -2.08. The van der Waals surface area contributed by atoms with E-state index in [2.05, 4.69) is 64.6 Å². The minimum atomic E-state index is 0.172. The van der Waals surface area contributed by atoms with Gasteiger partial charge in [0.15, 0.2) is 0 Å². The third kappa shape index (κ3) is 3.15. The van der Waals surface area contributed by atoms with Crippen molar-refractivity contribution in [2.75, 3.05) is 13.2 Å². The molecule has 3 heteroatoms. The Labute approximate surface area is 124 Å². The maximum absolute atomic E-state index is 8.86. The molecular formula is C18H20N2O. The third-order valence-corrected chi connectivity index (χ3v) is 3.70. The SMILES string of the molecule is OCCNCc1cccc2c1ccn2Cc1ccccc1. The number of hydrogen-bond donors (Lipinski definition) is 2. The van der Waals surface area contributed by atoms with Gasteiger partial charge in [-0.25, -0.2) is 0 Å². The number of hydrogen-bond acceptors (Lipinski definition) is 2. The summed E-state index contributed by atoms with van der Waals surface area (Å²) in [6.45, 7) is 2.47. The topological polar surface area (TPSA) is 37.2 Å². The van der Waals surface area contributed by atoms with Crippen LogP contribution in [0.15, 0.2) is 60.8 Å². The zero-order chi connectivity index (χ0) is 14.5. The number of benzene rings is 2. The van der Waals surface area contributed by atoms with Crippen molar-refractivity contribution in [3.8, 4) is 0 Å². The molecule has 0 atom stereocenters. The van der Waals surface area contributed by atoms with E-state index in [0.717, 1.165) is 13.1 Å². The quantitative estimate of drug-likeness (QED) is 0.681. The van der Waals surface area contributed by atoms with Gasteiger partial charge < -0.3 is 15.0 Å². The molecule has 0 aliphatic rings. The molecule has 0 amide bonds. The molecule has 0 bridgehead atoms. The van der Waals surface area contributed by atoms with Crippen molar-refractivity contribution in [3.63, 3.8) is 0 Å². The third-order valence-electron chi connectivity index (χ3n) is 3.70. The molecule has 108 valence electrons. The summed E-state index contributed by atoms with van der Waals surface area (Å²) in [7, 11) is 0. The smallest absolute Gasteiger partial charge is 0.0556 e. The summed E-state index contributed by atoms with van der Waals surface area (Å²) in [4.78, 5) is 0. The normalized spacial score (nSPS) is 11.1. The van der Waals surface area contributed by atoms with Crippen LogP contribution in [0.5, 0.6) is 0 Å². The molecule has 0 saturated carbocycles. The first-order chi connectivity index (χ1) is 10.4. The van der Waals surface area contributed by atoms with Crippen LogP contribution in [0.1, 0.15) is 11.1 Å². The van der Waals surface area contributed by atoms with Gasteiger partial charge in [0.05, 0.1) is 6.61 Å². The Kier molecular flexibility index (Phi) is 4.34. The fraction of sp³-hybridized carbons (Fsp3) is 0.222. The first-order valence-electron chi connectivity index (χ1n) is 7.31. The summed E-state index contributed by atoms with van der Waals surface area (Å²) in [6, 6.07) is 19.1. The van der Waals surface area contributed by atoms with Crippen LogP contribution in [0.3, 0.4) is 0 Å². The first-order valence-corrected chi connectivity index (χ1v) is 7.31. The predicted octanol–water partition coefficient (Wildman–Crippen LogP) is 2.77. The Morgan fingerprint density at radius 3 is 2.62 bits per heavy atom. The lowest BCUT2D eigenvalue weighted by molar-refractivity contribution is 0.292. The molecule has 0 saturated heterocycles. The van der Waals surface area contributed by atoms with Crippen LogP contribution in [-0.2, 0) is 13.1 Å². The number of nitrogens with zero attached hydrogens (tertiary/aromatic N) is 1. The maximum atomic E-state index is 8.86. The number of aliphatic hydroxyl groups excluding tert-OH is 1. The van der Waals surface area contributed by atoms with Gasteiger partial charge in [0.2, 0.25) is 0 Å². The van der Waals surface area contributed by atoms with Crippen molar-refractivity contribution in [2.45, 2.75) is 13.1 Å². The monoisotopic (exact) mass is 280 g/mol. The Balaban J connectivity index is 1.86. The van der Waals surface area contributed by atoms with Gasteiger partial charge in [0.1, 0.15) is 0 Å². The lowest BCUT2D eigenvalue weighted by Crippen LogP contribution is -2.17. The lowest BCUT2D eigenvalue weighted by atomic mass is 10.1. The summed E-state index contributed by atoms with van der Waals surface area (Å²) in [6.07, 6.45) is 2.15. The molecule has 1 heterocycles. The molecule has 0 aliphatic heterocycles. The van der Waals surface area contributed by atoms with Crippen LogP contribution in [0.25, 0.3) is 10.9 Å². The second kappa shape index (κ2) is 6.57. The average molecular weight is 280 g/mol. The highest BCUT2D eigenvalue weighted by molar-refractivity contribution is 5.83. The molecule has 0 aliphatic carbocycles. The molecule has 0 spiro atoms. The van der Waals surface area contributed by atoms with E-state index in [1.54, 1.807) is 0 Å². The molecule has 3 rings (SSSR count). The summed E-state index contributed by atoms with van der Waals surface area (Å²) in [5.41, 5.74) is 3.83. The molecule has 3 aromatic rings. The summed E-state index contributed by atoms with van der Waals surface area (Å²) in [5.74, 6) is 0. The minimum absolute atomic E-state index is 0.172. The molecule has 0 fully saturated rings. The zero-order valence-corrected chi connectivity index (χ0v) is 12.0. The van der Waals surface area contributed by atoms with Crippen LogP contribution >= 0.6 is 0 Å². The highest BCUT2D eigenvalue weighted by atomic mass is 16.3. The van der Waals surface area contributed by atoms with Crippen LogP contribution in [0, 0.1) is 0 Å². The van der Waals surface area contributed by atoms with E-state index < -0.39 is 0 Å². The molecule has 2 aromatic carbocycles. The van der Waals surface area contributed by atoms with E-state index in [4.69, 9.17) is 5.11 Å². The predicted molar refractivity (Wildman–Crippen MR) is 86.3 cm³/mol. The van der Waals surface area contributed by atoms with Gasteiger partial charge in [-0.05, 0) is 23.3 Å². The maximum Gasteiger partial charge on any atom is 0.0556 e. The molecular weight excluding hydrogens is 260 g/mol. The molecule has 0 unspecified atom stereocenters.